The lowest BCUT2D eigenvalue weighted by atomic mass is 10.2. The number of nitrogens with one attached hydrogen (secondary N) is 1. The number of amides is 1. The number of nitrogens with zero attached hydrogens (tertiary/aromatic N) is 2. The van der Waals surface area contributed by atoms with E-state index in [1.807, 2.05) is 6.92 Å². The van der Waals surface area contributed by atoms with Gasteiger partial charge in [-0.15, -0.1) is 0 Å². The highest BCUT2D eigenvalue weighted by molar-refractivity contribution is 5.93. The highest BCUT2D eigenvalue weighted by Gasteiger charge is 2.10. The summed E-state index contributed by atoms with van der Waals surface area (Å²) < 4.78 is 14.6. The molecule has 22 heavy (non-hydrogen) atoms. The predicted octanol–water partition coefficient (Wildman–Crippen LogP) is 2.67. The van der Waals surface area contributed by atoms with Crippen molar-refractivity contribution in [3.8, 4) is 5.75 Å². The molecule has 1 aromatic carbocycles. The molecule has 6 heteroatoms. The van der Waals surface area contributed by atoms with Crippen molar-refractivity contribution in [3.63, 3.8) is 0 Å². The van der Waals surface area contributed by atoms with Crippen molar-refractivity contribution in [1.29, 1.82) is 0 Å². The maximum Gasteiger partial charge on any atom is 0.230 e. The van der Waals surface area contributed by atoms with Gasteiger partial charge in [-0.05, 0) is 36.8 Å². The first-order valence-electron chi connectivity index (χ1n) is 6.74. The van der Waals surface area contributed by atoms with Crippen LogP contribution in [0.2, 0.25) is 0 Å². The highest BCUT2D eigenvalue weighted by Crippen LogP contribution is 2.24. The Morgan fingerprint density at radius 1 is 1.32 bits per heavy atom. The molecule has 0 aliphatic heterocycles. The van der Waals surface area contributed by atoms with Gasteiger partial charge in [0.15, 0.2) is 0 Å². The second-order valence-corrected chi connectivity index (χ2v) is 5.09. The normalized spacial score (nSPS) is 10.8. The molecule has 0 radical (unpaired) electrons. The summed E-state index contributed by atoms with van der Waals surface area (Å²) in [6.07, 6.45) is 2.94. The molecule has 0 spiro atoms. The minimum Gasteiger partial charge on any atom is -0.506 e. The molecule has 3 aromatic rings. The molecule has 0 atom stereocenters. The van der Waals surface area contributed by atoms with Gasteiger partial charge in [-0.25, -0.2) is 9.37 Å². The number of pyridine rings is 1. The van der Waals surface area contributed by atoms with Crippen LogP contribution < -0.4 is 5.32 Å². The van der Waals surface area contributed by atoms with E-state index in [4.69, 9.17) is 0 Å². The van der Waals surface area contributed by atoms with E-state index in [9.17, 15) is 14.3 Å². The van der Waals surface area contributed by atoms with Gasteiger partial charge in [0.1, 0.15) is 17.2 Å². The minimum atomic E-state index is -0.370. The molecule has 2 N–H and O–H groups in total. The van der Waals surface area contributed by atoms with Gasteiger partial charge in [-0.3, -0.25) is 4.79 Å². The molecule has 0 aliphatic carbocycles. The zero-order valence-electron chi connectivity index (χ0n) is 11.9. The van der Waals surface area contributed by atoms with Crippen molar-refractivity contribution in [3.05, 3.63) is 59.8 Å². The lowest BCUT2D eigenvalue weighted by molar-refractivity contribution is -0.115. The zero-order chi connectivity index (χ0) is 15.7. The minimum absolute atomic E-state index is 0.0189. The number of carbonyl (C=O) groups excluding carboxylic acids is 1. The summed E-state index contributed by atoms with van der Waals surface area (Å²) in [6, 6.07) is 7.87. The zero-order valence-corrected chi connectivity index (χ0v) is 11.9. The quantitative estimate of drug-likeness (QED) is 0.731. The number of aromatic hydroxyl groups is 1. The van der Waals surface area contributed by atoms with E-state index in [1.54, 1.807) is 30.5 Å². The van der Waals surface area contributed by atoms with Crippen molar-refractivity contribution in [2.75, 3.05) is 5.32 Å². The average Bonchev–Trinajstić information content (AvgIpc) is 2.83. The van der Waals surface area contributed by atoms with Crippen LogP contribution in [0.1, 0.15) is 11.3 Å². The van der Waals surface area contributed by atoms with Gasteiger partial charge in [-0.2, -0.15) is 0 Å². The second-order valence-electron chi connectivity index (χ2n) is 5.09. The first-order chi connectivity index (χ1) is 10.5. The number of phenolic OH excluding ortho intramolecular Hbond substituents is 1. The van der Waals surface area contributed by atoms with E-state index in [-0.39, 0.29) is 23.9 Å². The van der Waals surface area contributed by atoms with Crippen LogP contribution in [0.5, 0.6) is 5.75 Å². The van der Waals surface area contributed by atoms with Crippen LogP contribution >= 0.6 is 0 Å². The summed E-state index contributed by atoms with van der Waals surface area (Å²) >= 11 is 0. The van der Waals surface area contributed by atoms with Crippen LogP contribution in [0, 0.1) is 12.7 Å². The molecule has 0 fully saturated rings. The molecule has 0 unspecified atom stereocenters. The van der Waals surface area contributed by atoms with Crippen molar-refractivity contribution in [2.24, 2.45) is 0 Å². The second kappa shape index (κ2) is 5.48. The molecule has 0 saturated heterocycles. The number of hydrogen-bond donors (Lipinski definition) is 2. The molecule has 0 bridgehead atoms. The van der Waals surface area contributed by atoms with Crippen molar-refractivity contribution >= 4 is 17.2 Å². The maximum atomic E-state index is 13.1. The van der Waals surface area contributed by atoms with Crippen LogP contribution in [0.4, 0.5) is 10.1 Å². The Balaban J connectivity index is 1.75. The van der Waals surface area contributed by atoms with Gasteiger partial charge in [0, 0.05) is 12.4 Å². The van der Waals surface area contributed by atoms with Crippen LogP contribution in [-0.4, -0.2) is 20.4 Å². The third-order valence-electron chi connectivity index (χ3n) is 3.23. The first kappa shape index (κ1) is 14.1. The number of anilines is 1. The Labute approximate surface area is 126 Å². The van der Waals surface area contributed by atoms with Gasteiger partial charge in [-0.1, -0.05) is 6.07 Å². The van der Waals surface area contributed by atoms with Crippen LogP contribution in [-0.2, 0) is 11.2 Å². The number of halogens is 1. The van der Waals surface area contributed by atoms with Gasteiger partial charge in [0.2, 0.25) is 5.91 Å². The summed E-state index contributed by atoms with van der Waals surface area (Å²) in [6.45, 7) is 1.85. The summed E-state index contributed by atoms with van der Waals surface area (Å²) in [5, 5.41) is 12.4. The summed E-state index contributed by atoms with van der Waals surface area (Å²) in [4.78, 5) is 16.3. The molecule has 5 nitrogen and oxygen atoms in total. The Morgan fingerprint density at radius 3 is 2.91 bits per heavy atom. The van der Waals surface area contributed by atoms with E-state index < -0.39 is 0 Å². The first-order valence-corrected chi connectivity index (χ1v) is 6.74. The Hall–Kier alpha value is -2.89. The number of aryl methyl sites for hydroxylation is 1. The Bertz CT molecular complexity index is 858. The summed E-state index contributed by atoms with van der Waals surface area (Å²) in [7, 11) is 0. The van der Waals surface area contributed by atoms with E-state index in [1.165, 1.54) is 16.7 Å². The number of hydrogen-bond acceptors (Lipinski definition) is 3. The number of benzene rings is 1. The molecule has 1 amide bonds. The number of rotatable bonds is 3. The van der Waals surface area contributed by atoms with E-state index in [2.05, 4.69) is 10.3 Å². The van der Waals surface area contributed by atoms with Crippen LogP contribution in [0.3, 0.4) is 0 Å². The number of imidazole rings is 1. The third-order valence-corrected chi connectivity index (χ3v) is 3.23. The standard InChI is InChI=1S/C16H14FN3O2/c1-10-2-4-13(14(21)6-10)19-16(22)7-12-9-20-8-11(17)3-5-15(20)18-12/h2-6,8-9,21H,7H2,1H3,(H,19,22). The number of fused-ring (bicyclic) bond motifs is 1. The van der Waals surface area contributed by atoms with Gasteiger partial charge >= 0.3 is 0 Å². The molecule has 3 rings (SSSR count). The Morgan fingerprint density at radius 2 is 2.14 bits per heavy atom. The lowest BCUT2D eigenvalue weighted by Crippen LogP contribution is -2.14. The number of carbonyl (C=O) groups is 1. The van der Waals surface area contributed by atoms with E-state index >= 15 is 0 Å². The molecule has 0 aliphatic rings. The lowest BCUT2D eigenvalue weighted by Gasteiger charge is -2.07. The fourth-order valence-electron chi connectivity index (χ4n) is 2.21. The molecular weight excluding hydrogens is 285 g/mol. The molecule has 112 valence electrons. The number of phenols is 1. The smallest absolute Gasteiger partial charge is 0.230 e. The van der Waals surface area contributed by atoms with Gasteiger partial charge in [0.05, 0.1) is 17.8 Å². The molecule has 2 heterocycles. The molecule has 2 aromatic heterocycles. The molecule has 0 saturated carbocycles. The van der Waals surface area contributed by atoms with E-state index in [0.717, 1.165) is 5.56 Å². The monoisotopic (exact) mass is 299 g/mol. The van der Waals surface area contributed by atoms with Crippen LogP contribution in [0.25, 0.3) is 5.65 Å². The molecular formula is C16H14FN3O2. The fraction of sp³-hybridized carbons (Fsp3) is 0.125. The number of aromatic nitrogens is 2. The highest BCUT2D eigenvalue weighted by atomic mass is 19.1. The SMILES string of the molecule is Cc1ccc(NC(=O)Cc2cn3cc(F)ccc3n2)c(O)c1. The average molecular weight is 299 g/mol. The fourth-order valence-corrected chi connectivity index (χ4v) is 2.21. The van der Waals surface area contributed by atoms with E-state index in [0.29, 0.717) is 17.0 Å². The summed E-state index contributed by atoms with van der Waals surface area (Å²) in [5.74, 6) is -0.654. The predicted molar refractivity (Wildman–Crippen MR) is 80.3 cm³/mol. The largest absolute Gasteiger partial charge is 0.506 e. The summed E-state index contributed by atoms with van der Waals surface area (Å²) in [5.41, 5.74) is 2.35. The van der Waals surface area contributed by atoms with Crippen LogP contribution in [0.15, 0.2) is 42.7 Å². The maximum absolute atomic E-state index is 13.1. The topological polar surface area (TPSA) is 66.6 Å². The third kappa shape index (κ3) is 2.90. The van der Waals surface area contributed by atoms with Crippen molar-refractivity contribution in [1.82, 2.24) is 9.38 Å². The van der Waals surface area contributed by atoms with Crippen molar-refractivity contribution < 1.29 is 14.3 Å². The van der Waals surface area contributed by atoms with Gasteiger partial charge in [0.25, 0.3) is 0 Å². The Kier molecular flexibility index (Phi) is 3.50. The van der Waals surface area contributed by atoms with Crippen molar-refractivity contribution in [2.45, 2.75) is 13.3 Å². The van der Waals surface area contributed by atoms with Gasteiger partial charge < -0.3 is 14.8 Å².